The fraction of sp³-hybridized carbons (Fsp3) is 0.538. The largest absolute Gasteiger partial charge is 0.387 e. The molecule has 0 spiro atoms. The predicted molar refractivity (Wildman–Crippen MR) is 64.1 cm³/mol. The first-order chi connectivity index (χ1) is 8.06. The maximum atomic E-state index is 12.3. The van der Waals surface area contributed by atoms with Crippen molar-refractivity contribution < 1.29 is 13.9 Å². The zero-order chi connectivity index (χ0) is 12.8. The first-order valence-electron chi connectivity index (χ1n) is 5.77. The van der Waals surface area contributed by atoms with E-state index in [0.717, 1.165) is 5.56 Å². The molecule has 17 heavy (non-hydrogen) atoms. The van der Waals surface area contributed by atoms with Crippen LogP contribution in [0.15, 0.2) is 30.3 Å². The third kappa shape index (κ3) is 4.06. The summed E-state index contributed by atoms with van der Waals surface area (Å²) in [5, 5.41) is 10.2. The summed E-state index contributed by atoms with van der Waals surface area (Å²) < 4.78 is 24.6. The normalized spacial score (nSPS) is 15.2. The first kappa shape index (κ1) is 14.1. The highest BCUT2D eigenvalue weighted by Gasteiger charge is 2.24. The number of nitrogens with zero attached hydrogens (tertiary/aromatic N) is 1. The van der Waals surface area contributed by atoms with Crippen molar-refractivity contribution in [2.24, 2.45) is 0 Å². The van der Waals surface area contributed by atoms with E-state index in [2.05, 4.69) is 0 Å². The third-order valence-corrected chi connectivity index (χ3v) is 2.92. The van der Waals surface area contributed by atoms with Gasteiger partial charge in [0.2, 0.25) is 0 Å². The minimum atomic E-state index is -2.38. The van der Waals surface area contributed by atoms with Gasteiger partial charge < -0.3 is 5.11 Å². The van der Waals surface area contributed by atoms with Gasteiger partial charge in [-0.3, -0.25) is 4.90 Å². The van der Waals surface area contributed by atoms with Gasteiger partial charge in [0, 0.05) is 6.04 Å². The minimum Gasteiger partial charge on any atom is -0.387 e. The van der Waals surface area contributed by atoms with E-state index in [4.69, 9.17) is 0 Å². The molecule has 0 bridgehead atoms. The van der Waals surface area contributed by atoms with Gasteiger partial charge >= 0.3 is 0 Å². The molecule has 2 nitrogen and oxygen atoms in total. The van der Waals surface area contributed by atoms with Gasteiger partial charge in [-0.05, 0) is 19.0 Å². The van der Waals surface area contributed by atoms with E-state index in [9.17, 15) is 13.9 Å². The molecule has 4 heteroatoms. The van der Waals surface area contributed by atoms with E-state index < -0.39 is 12.5 Å². The van der Waals surface area contributed by atoms with Crippen molar-refractivity contribution in [3.8, 4) is 0 Å². The van der Waals surface area contributed by atoms with Crippen LogP contribution in [0.5, 0.6) is 0 Å². The Hall–Kier alpha value is -1.00. The Bertz CT molecular complexity index is 318. The summed E-state index contributed by atoms with van der Waals surface area (Å²) in [5.41, 5.74) is 0.764. The molecule has 1 aromatic carbocycles. The van der Waals surface area contributed by atoms with Crippen LogP contribution in [-0.2, 0) is 0 Å². The number of aliphatic hydroxyl groups excluding tert-OH is 1. The molecule has 0 saturated carbocycles. The number of halogens is 2. The van der Waals surface area contributed by atoms with E-state index in [1.807, 2.05) is 37.3 Å². The molecule has 2 atom stereocenters. The average Bonchev–Trinajstić information content (AvgIpc) is 2.30. The van der Waals surface area contributed by atoms with Crippen molar-refractivity contribution in [1.29, 1.82) is 0 Å². The molecule has 1 aromatic rings. The molecule has 1 rings (SSSR count). The van der Waals surface area contributed by atoms with Crippen LogP contribution >= 0.6 is 0 Å². The highest BCUT2D eigenvalue weighted by molar-refractivity contribution is 5.18. The van der Waals surface area contributed by atoms with Crippen molar-refractivity contribution in [1.82, 2.24) is 4.90 Å². The van der Waals surface area contributed by atoms with Gasteiger partial charge in [-0.1, -0.05) is 37.3 Å². The van der Waals surface area contributed by atoms with Crippen LogP contribution in [-0.4, -0.2) is 36.1 Å². The van der Waals surface area contributed by atoms with Crippen molar-refractivity contribution in [2.45, 2.75) is 31.9 Å². The van der Waals surface area contributed by atoms with E-state index in [0.29, 0.717) is 6.42 Å². The maximum Gasteiger partial charge on any atom is 0.251 e. The van der Waals surface area contributed by atoms with Crippen molar-refractivity contribution in [3.63, 3.8) is 0 Å². The second-order valence-electron chi connectivity index (χ2n) is 4.16. The molecule has 0 radical (unpaired) electrons. The number of aliphatic hydroxyl groups is 1. The molecule has 0 aliphatic heterocycles. The smallest absolute Gasteiger partial charge is 0.251 e. The molecule has 0 aliphatic rings. The average molecular weight is 243 g/mol. The number of likely N-dealkylation sites (N-methyl/N-ethyl adjacent to an activating group) is 1. The topological polar surface area (TPSA) is 23.5 Å². The van der Waals surface area contributed by atoms with Crippen LogP contribution in [0.25, 0.3) is 0 Å². The summed E-state index contributed by atoms with van der Waals surface area (Å²) in [5.74, 6) is 0. The third-order valence-electron chi connectivity index (χ3n) is 2.92. The predicted octanol–water partition coefficient (Wildman–Crippen LogP) is 2.70. The SMILES string of the molecule is CCC(C(O)c1ccccc1)N(C)CC(F)F. The summed E-state index contributed by atoms with van der Waals surface area (Å²) in [6.45, 7) is 1.57. The van der Waals surface area contributed by atoms with Gasteiger partial charge in [-0.2, -0.15) is 0 Å². The Morgan fingerprint density at radius 1 is 1.24 bits per heavy atom. The van der Waals surface area contributed by atoms with E-state index in [1.165, 1.54) is 4.90 Å². The van der Waals surface area contributed by atoms with Crippen molar-refractivity contribution in [3.05, 3.63) is 35.9 Å². The lowest BCUT2D eigenvalue weighted by Crippen LogP contribution is -2.39. The van der Waals surface area contributed by atoms with Gasteiger partial charge in [-0.15, -0.1) is 0 Å². The zero-order valence-electron chi connectivity index (χ0n) is 10.2. The first-order valence-corrected chi connectivity index (χ1v) is 5.77. The van der Waals surface area contributed by atoms with Crippen LogP contribution in [0, 0.1) is 0 Å². The summed E-state index contributed by atoms with van der Waals surface area (Å²) in [7, 11) is 1.62. The van der Waals surface area contributed by atoms with Crippen LogP contribution in [0.1, 0.15) is 25.0 Å². The molecule has 0 aromatic heterocycles. The summed E-state index contributed by atoms with van der Waals surface area (Å²) in [4.78, 5) is 1.52. The summed E-state index contributed by atoms with van der Waals surface area (Å²) in [6.07, 6.45) is -2.48. The van der Waals surface area contributed by atoms with Crippen LogP contribution < -0.4 is 0 Å². The molecule has 0 heterocycles. The lowest BCUT2D eigenvalue weighted by molar-refractivity contribution is 0.0221. The number of rotatable bonds is 6. The monoisotopic (exact) mass is 243 g/mol. The van der Waals surface area contributed by atoms with E-state index >= 15 is 0 Å². The zero-order valence-corrected chi connectivity index (χ0v) is 10.2. The molecule has 0 aliphatic carbocycles. The summed E-state index contributed by atoms with van der Waals surface area (Å²) in [6, 6.07) is 8.86. The molecule has 0 amide bonds. The van der Waals surface area contributed by atoms with Crippen LogP contribution in [0.3, 0.4) is 0 Å². The van der Waals surface area contributed by atoms with Gasteiger partial charge in [0.1, 0.15) is 0 Å². The van der Waals surface area contributed by atoms with Crippen LogP contribution in [0.2, 0.25) is 0 Å². The number of benzene rings is 1. The molecule has 0 fully saturated rings. The van der Waals surface area contributed by atoms with E-state index in [-0.39, 0.29) is 12.6 Å². The van der Waals surface area contributed by atoms with E-state index in [1.54, 1.807) is 7.05 Å². The standard InChI is InChI=1S/C13H19F2NO/c1-3-11(16(2)9-12(14)15)13(17)10-7-5-4-6-8-10/h4-8,11-13,17H,3,9H2,1-2H3. The second kappa shape index (κ2) is 6.67. The number of alkyl halides is 2. The van der Waals surface area contributed by atoms with Crippen molar-refractivity contribution in [2.75, 3.05) is 13.6 Å². The van der Waals surface area contributed by atoms with Gasteiger partial charge in [0.05, 0.1) is 12.6 Å². The Balaban J connectivity index is 2.73. The Labute approximate surface area is 101 Å². The van der Waals surface area contributed by atoms with Gasteiger partial charge in [0.15, 0.2) is 0 Å². The quantitative estimate of drug-likeness (QED) is 0.830. The fourth-order valence-corrected chi connectivity index (χ4v) is 2.00. The lowest BCUT2D eigenvalue weighted by Gasteiger charge is -2.31. The number of hydrogen-bond acceptors (Lipinski definition) is 2. The minimum absolute atomic E-state index is 0.286. The lowest BCUT2D eigenvalue weighted by atomic mass is 9.99. The van der Waals surface area contributed by atoms with Crippen molar-refractivity contribution >= 4 is 0 Å². The summed E-state index contributed by atoms with van der Waals surface area (Å²) >= 11 is 0. The number of hydrogen-bond donors (Lipinski definition) is 1. The molecule has 1 N–H and O–H groups in total. The Morgan fingerprint density at radius 3 is 2.29 bits per heavy atom. The Morgan fingerprint density at radius 2 is 1.82 bits per heavy atom. The molecular formula is C13H19F2NO. The van der Waals surface area contributed by atoms with Gasteiger partial charge in [0.25, 0.3) is 6.43 Å². The highest BCUT2D eigenvalue weighted by atomic mass is 19.3. The van der Waals surface area contributed by atoms with Crippen LogP contribution in [0.4, 0.5) is 8.78 Å². The maximum absolute atomic E-state index is 12.3. The molecular weight excluding hydrogens is 224 g/mol. The molecule has 0 saturated heterocycles. The molecule has 96 valence electrons. The molecule has 2 unspecified atom stereocenters. The Kier molecular flexibility index (Phi) is 5.51. The van der Waals surface area contributed by atoms with Gasteiger partial charge in [-0.25, -0.2) is 8.78 Å². The highest BCUT2D eigenvalue weighted by Crippen LogP contribution is 2.22. The fourth-order valence-electron chi connectivity index (χ4n) is 2.00. The second-order valence-corrected chi connectivity index (χ2v) is 4.16.